The molecule has 0 radical (unpaired) electrons. The normalized spacial score (nSPS) is 20.7. The van der Waals surface area contributed by atoms with Crippen molar-refractivity contribution in [2.75, 3.05) is 6.54 Å². The first-order chi connectivity index (χ1) is 10.6. The Morgan fingerprint density at radius 3 is 2.68 bits per heavy atom. The second kappa shape index (κ2) is 6.51. The second-order valence-corrected chi connectivity index (χ2v) is 6.47. The Morgan fingerprint density at radius 2 is 1.91 bits per heavy atom. The summed E-state index contributed by atoms with van der Waals surface area (Å²) in [4.78, 5) is 25.2. The number of fused-ring (bicyclic) bond motifs is 1. The first-order valence-electron chi connectivity index (χ1n) is 8.25. The standard InChI is InChI=1S/C18H23NO3/c20-17(19-9-3-6-16(19)12-18(21)22)11-13-7-8-14-4-1-2-5-15(14)10-13/h7-8,10,16H,1-6,9,11-12H2,(H,21,22). The fourth-order valence-electron chi connectivity index (χ4n) is 3.75. The molecule has 1 heterocycles. The lowest BCUT2D eigenvalue weighted by Gasteiger charge is -2.24. The van der Waals surface area contributed by atoms with Crippen molar-refractivity contribution in [3.63, 3.8) is 0 Å². The van der Waals surface area contributed by atoms with Gasteiger partial charge in [-0.1, -0.05) is 18.2 Å². The fraction of sp³-hybridized carbons (Fsp3) is 0.556. The average Bonchev–Trinajstić information content (AvgIpc) is 2.94. The Labute approximate surface area is 131 Å². The van der Waals surface area contributed by atoms with Gasteiger partial charge in [-0.15, -0.1) is 0 Å². The monoisotopic (exact) mass is 301 g/mol. The number of aryl methyl sites for hydroxylation is 2. The molecule has 1 unspecified atom stereocenters. The Bertz CT molecular complexity index is 582. The van der Waals surface area contributed by atoms with Crippen LogP contribution in [0.25, 0.3) is 0 Å². The Morgan fingerprint density at radius 1 is 1.14 bits per heavy atom. The number of hydrogen-bond donors (Lipinski definition) is 1. The van der Waals surface area contributed by atoms with Gasteiger partial charge in [0.25, 0.3) is 0 Å². The molecule has 1 aromatic rings. The second-order valence-electron chi connectivity index (χ2n) is 6.47. The lowest BCUT2D eigenvalue weighted by atomic mass is 9.90. The van der Waals surface area contributed by atoms with Crippen molar-refractivity contribution in [1.82, 2.24) is 4.90 Å². The highest BCUT2D eigenvalue weighted by atomic mass is 16.4. The molecule has 1 aliphatic carbocycles. The van der Waals surface area contributed by atoms with E-state index in [4.69, 9.17) is 5.11 Å². The number of carbonyl (C=O) groups excluding carboxylic acids is 1. The quantitative estimate of drug-likeness (QED) is 0.930. The Balaban J connectivity index is 1.67. The molecule has 4 nitrogen and oxygen atoms in total. The van der Waals surface area contributed by atoms with E-state index in [2.05, 4.69) is 18.2 Å². The van der Waals surface area contributed by atoms with Gasteiger partial charge >= 0.3 is 5.97 Å². The molecule has 1 saturated heterocycles. The van der Waals surface area contributed by atoms with E-state index in [9.17, 15) is 9.59 Å². The first kappa shape index (κ1) is 15.1. The van der Waals surface area contributed by atoms with E-state index in [1.807, 2.05) is 0 Å². The van der Waals surface area contributed by atoms with Crippen LogP contribution in [0.3, 0.4) is 0 Å². The van der Waals surface area contributed by atoms with Crippen molar-refractivity contribution in [2.24, 2.45) is 0 Å². The molecule has 22 heavy (non-hydrogen) atoms. The predicted octanol–water partition coefficient (Wildman–Crippen LogP) is 2.57. The number of carboxylic acids is 1. The van der Waals surface area contributed by atoms with E-state index in [-0.39, 0.29) is 18.4 Å². The van der Waals surface area contributed by atoms with Gasteiger partial charge in [0.05, 0.1) is 12.8 Å². The summed E-state index contributed by atoms with van der Waals surface area (Å²) in [6.07, 6.45) is 6.93. The zero-order valence-corrected chi connectivity index (χ0v) is 12.9. The molecule has 4 heteroatoms. The van der Waals surface area contributed by atoms with E-state index in [0.717, 1.165) is 31.2 Å². The molecule has 0 spiro atoms. The van der Waals surface area contributed by atoms with Gasteiger partial charge < -0.3 is 10.0 Å². The largest absolute Gasteiger partial charge is 0.481 e. The third-order valence-electron chi connectivity index (χ3n) is 4.88. The van der Waals surface area contributed by atoms with E-state index >= 15 is 0 Å². The van der Waals surface area contributed by atoms with Crippen molar-refractivity contribution in [3.05, 3.63) is 34.9 Å². The number of hydrogen-bond acceptors (Lipinski definition) is 2. The first-order valence-corrected chi connectivity index (χ1v) is 8.25. The summed E-state index contributed by atoms with van der Waals surface area (Å²) < 4.78 is 0. The van der Waals surface area contributed by atoms with Crippen LogP contribution in [-0.4, -0.2) is 34.5 Å². The van der Waals surface area contributed by atoms with Crippen LogP contribution >= 0.6 is 0 Å². The number of carbonyl (C=O) groups is 2. The maximum Gasteiger partial charge on any atom is 0.305 e. The molecular formula is C18H23NO3. The van der Waals surface area contributed by atoms with Gasteiger partial charge in [-0.05, 0) is 55.2 Å². The number of rotatable bonds is 4. The maximum atomic E-state index is 12.5. The fourth-order valence-corrected chi connectivity index (χ4v) is 3.75. The van der Waals surface area contributed by atoms with Gasteiger partial charge in [-0.2, -0.15) is 0 Å². The van der Waals surface area contributed by atoms with Gasteiger partial charge in [-0.3, -0.25) is 9.59 Å². The van der Waals surface area contributed by atoms with E-state index in [1.165, 1.54) is 24.0 Å². The zero-order chi connectivity index (χ0) is 15.5. The van der Waals surface area contributed by atoms with Crippen molar-refractivity contribution < 1.29 is 14.7 Å². The lowest BCUT2D eigenvalue weighted by Crippen LogP contribution is -2.37. The van der Waals surface area contributed by atoms with Crippen molar-refractivity contribution >= 4 is 11.9 Å². The minimum atomic E-state index is -0.821. The molecule has 1 fully saturated rings. The van der Waals surface area contributed by atoms with E-state index in [0.29, 0.717) is 13.0 Å². The lowest BCUT2D eigenvalue weighted by molar-refractivity contribution is -0.139. The van der Waals surface area contributed by atoms with E-state index < -0.39 is 5.97 Å². The van der Waals surface area contributed by atoms with Gasteiger partial charge in [-0.25, -0.2) is 0 Å². The predicted molar refractivity (Wildman–Crippen MR) is 83.8 cm³/mol. The molecule has 2 aliphatic rings. The Hall–Kier alpha value is -1.84. The van der Waals surface area contributed by atoms with Crippen molar-refractivity contribution in [2.45, 2.75) is 57.4 Å². The Kier molecular flexibility index (Phi) is 4.46. The topological polar surface area (TPSA) is 57.6 Å². The molecule has 1 N–H and O–H groups in total. The highest BCUT2D eigenvalue weighted by Crippen LogP contribution is 2.24. The van der Waals surface area contributed by atoms with Crippen LogP contribution in [0, 0.1) is 0 Å². The maximum absolute atomic E-state index is 12.5. The minimum absolute atomic E-state index is 0.0654. The highest BCUT2D eigenvalue weighted by Gasteiger charge is 2.30. The number of benzene rings is 1. The van der Waals surface area contributed by atoms with Gasteiger partial charge in [0, 0.05) is 12.6 Å². The van der Waals surface area contributed by atoms with Crippen LogP contribution in [0.5, 0.6) is 0 Å². The molecule has 1 aromatic carbocycles. The van der Waals surface area contributed by atoms with Crippen molar-refractivity contribution in [1.29, 1.82) is 0 Å². The molecule has 1 aliphatic heterocycles. The summed E-state index contributed by atoms with van der Waals surface area (Å²) in [7, 11) is 0. The summed E-state index contributed by atoms with van der Waals surface area (Å²) >= 11 is 0. The zero-order valence-electron chi connectivity index (χ0n) is 12.9. The SMILES string of the molecule is O=C(O)CC1CCCN1C(=O)Cc1ccc2c(c1)CCCC2. The number of aliphatic carboxylic acids is 1. The molecule has 0 aromatic heterocycles. The molecule has 0 saturated carbocycles. The van der Waals surface area contributed by atoms with Crippen LogP contribution in [0.4, 0.5) is 0 Å². The molecule has 1 atom stereocenters. The molecule has 1 amide bonds. The smallest absolute Gasteiger partial charge is 0.305 e. The molecular weight excluding hydrogens is 278 g/mol. The van der Waals surface area contributed by atoms with Crippen LogP contribution in [0.1, 0.15) is 48.8 Å². The van der Waals surface area contributed by atoms with Crippen LogP contribution < -0.4 is 0 Å². The number of carboxylic acid groups (broad SMARTS) is 1. The van der Waals surface area contributed by atoms with Crippen LogP contribution in [0.2, 0.25) is 0 Å². The summed E-state index contributed by atoms with van der Waals surface area (Å²) in [5.41, 5.74) is 3.87. The minimum Gasteiger partial charge on any atom is -0.481 e. The average molecular weight is 301 g/mol. The summed E-state index contributed by atoms with van der Waals surface area (Å²) in [5.74, 6) is -0.752. The number of amides is 1. The summed E-state index contributed by atoms with van der Waals surface area (Å²) in [6.45, 7) is 0.696. The van der Waals surface area contributed by atoms with Crippen LogP contribution in [0.15, 0.2) is 18.2 Å². The number of nitrogens with zero attached hydrogens (tertiary/aromatic N) is 1. The molecule has 3 rings (SSSR count). The third-order valence-corrected chi connectivity index (χ3v) is 4.88. The summed E-state index contributed by atoms with van der Waals surface area (Å²) in [5, 5.41) is 8.96. The third kappa shape index (κ3) is 3.32. The van der Waals surface area contributed by atoms with Gasteiger partial charge in [0.1, 0.15) is 0 Å². The van der Waals surface area contributed by atoms with Crippen LogP contribution in [-0.2, 0) is 28.9 Å². The van der Waals surface area contributed by atoms with Gasteiger partial charge in [0.2, 0.25) is 5.91 Å². The van der Waals surface area contributed by atoms with Gasteiger partial charge in [0.15, 0.2) is 0 Å². The molecule has 118 valence electrons. The number of likely N-dealkylation sites (tertiary alicyclic amines) is 1. The van der Waals surface area contributed by atoms with Crippen molar-refractivity contribution in [3.8, 4) is 0 Å². The van der Waals surface area contributed by atoms with E-state index in [1.54, 1.807) is 4.90 Å². The molecule has 0 bridgehead atoms. The highest BCUT2D eigenvalue weighted by molar-refractivity contribution is 5.80. The summed E-state index contributed by atoms with van der Waals surface area (Å²) in [6, 6.07) is 6.28.